The maximum absolute atomic E-state index is 12.5. The van der Waals surface area contributed by atoms with E-state index in [-0.39, 0.29) is 17.4 Å². The van der Waals surface area contributed by atoms with Crippen molar-refractivity contribution in [1.29, 1.82) is 0 Å². The van der Waals surface area contributed by atoms with E-state index < -0.39 is 0 Å². The van der Waals surface area contributed by atoms with E-state index in [0.717, 1.165) is 10.6 Å². The second-order valence-electron chi connectivity index (χ2n) is 4.84. The first-order valence-electron chi connectivity index (χ1n) is 6.93. The monoisotopic (exact) mass is 319 g/mol. The van der Waals surface area contributed by atoms with Crippen LogP contribution in [0.25, 0.3) is 5.69 Å². The third-order valence-corrected chi connectivity index (χ3v) is 4.23. The molecule has 0 aliphatic carbocycles. The number of morpholine rings is 1. The summed E-state index contributed by atoms with van der Waals surface area (Å²) in [5.74, 6) is 0.0582. The van der Waals surface area contributed by atoms with Crippen molar-refractivity contribution in [3.05, 3.63) is 30.0 Å². The van der Waals surface area contributed by atoms with Crippen molar-refractivity contribution in [2.45, 2.75) is 4.90 Å². The summed E-state index contributed by atoms with van der Waals surface area (Å²) >= 11 is 1.63. The quantitative estimate of drug-likeness (QED) is 0.851. The Kier molecular flexibility index (Phi) is 4.30. The Bertz CT molecular complexity index is 682. The van der Waals surface area contributed by atoms with Gasteiger partial charge in [-0.25, -0.2) is 0 Å². The summed E-state index contributed by atoms with van der Waals surface area (Å²) in [6, 6.07) is 7.76. The molecule has 1 fully saturated rings. The highest BCUT2D eigenvalue weighted by atomic mass is 32.2. The first-order valence-corrected chi connectivity index (χ1v) is 8.16. The van der Waals surface area contributed by atoms with Gasteiger partial charge < -0.3 is 15.4 Å². The average molecular weight is 319 g/mol. The van der Waals surface area contributed by atoms with Gasteiger partial charge in [0.2, 0.25) is 0 Å². The zero-order valence-corrected chi connectivity index (χ0v) is 13.0. The van der Waals surface area contributed by atoms with Gasteiger partial charge in [0.1, 0.15) is 0 Å². The molecule has 0 unspecified atom stereocenters. The number of nitrogens with two attached hydrogens (primary N) is 1. The second-order valence-corrected chi connectivity index (χ2v) is 5.72. The smallest absolute Gasteiger partial charge is 0.278 e. The molecule has 1 aliphatic heterocycles. The molecule has 2 N–H and O–H groups in total. The van der Waals surface area contributed by atoms with Crippen molar-refractivity contribution in [3.8, 4) is 5.69 Å². The Morgan fingerprint density at radius 2 is 2.14 bits per heavy atom. The zero-order chi connectivity index (χ0) is 15.5. The number of nitrogens with zero attached hydrogens (tertiary/aromatic N) is 4. The van der Waals surface area contributed by atoms with Crippen molar-refractivity contribution >= 4 is 23.5 Å². The molecule has 1 aromatic carbocycles. The van der Waals surface area contributed by atoms with Crippen molar-refractivity contribution in [2.75, 3.05) is 38.3 Å². The number of hydrogen-bond donors (Lipinski definition) is 1. The third-order valence-electron chi connectivity index (χ3n) is 3.50. The summed E-state index contributed by atoms with van der Waals surface area (Å²) in [4.78, 5) is 15.2. The molecule has 1 aliphatic rings. The van der Waals surface area contributed by atoms with Gasteiger partial charge in [-0.15, -0.1) is 16.9 Å². The van der Waals surface area contributed by atoms with Crippen LogP contribution in [0.4, 0.5) is 5.82 Å². The van der Waals surface area contributed by atoms with Crippen LogP contribution in [0.15, 0.2) is 29.2 Å². The van der Waals surface area contributed by atoms with Crippen LogP contribution in [0.3, 0.4) is 0 Å². The Labute approximate surface area is 132 Å². The zero-order valence-electron chi connectivity index (χ0n) is 12.2. The molecule has 116 valence electrons. The molecule has 2 aromatic rings. The maximum atomic E-state index is 12.5. The molecule has 3 rings (SSSR count). The van der Waals surface area contributed by atoms with Gasteiger partial charge in [0, 0.05) is 18.0 Å². The molecule has 0 bridgehead atoms. The molecule has 0 saturated carbocycles. The number of thioether (sulfide) groups is 1. The predicted molar refractivity (Wildman–Crippen MR) is 84.3 cm³/mol. The summed E-state index contributed by atoms with van der Waals surface area (Å²) in [5, 5.41) is 8.00. The highest BCUT2D eigenvalue weighted by Crippen LogP contribution is 2.21. The van der Waals surface area contributed by atoms with Crippen molar-refractivity contribution in [3.63, 3.8) is 0 Å². The standard InChI is InChI=1S/C14H17N5O2S/c1-22-11-4-2-3-10(9-11)19-13(15)12(16-17-19)14(20)18-5-7-21-8-6-18/h2-4,9H,5-8,15H2,1H3. The van der Waals surface area contributed by atoms with E-state index in [1.54, 1.807) is 16.7 Å². The molecule has 0 radical (unpaired) electrons. The fourth-order valence-corrected chi connectivity index (χ4v) is 2.74. The summed E-state index contributed by atoms with van der Waals surface area (Å²) in [5.41, 5.74) is 7.07. The Hall–Kier alpha value is -2.06. The summed E-state index contributed by atoms with van der Waals surface area (Å²) in [6.07, 6.45) is 2.00. The van der Waals surface area contributed by atoms with Crippen LogP contribution in [0, 0.1) is 0 Å². The number of hydrogen-bond acceptors (Lipinski definition) is 6. The number of aromatic nitrogens is 3. The minimum Gasteiger partial charge on any atom is -0.382 e. The van der Waals surface area contributed by atoms with Gasteiger partial charge >= 0.3 is 0 Å². The largest absolute Gasteiger partial charge is 0.382 e. The Morgan fingerprint density at radius 1 is 1.36 bits per heavy atom. The lowest BCUT2D eigenvalue weighted by atomic mass is 10.3. The van der Waals surface area contributed by atoms with Crippen LogP contribution >= 0.6 is 11.8 Å². The molecular weight excluding hydrogens is 302 g/mol. The first kappa shape index (κ1) is 14.9. The van der Waals surface area contributed by atoms with E-state index in [1.165, 1.54) is 4.68 Å². The van der Waals surface area contributed by atoms with Gasteiger partial charge in [-0.2, -0.15) is 4.68 Å². The van der Waals surface area contributed by atoms with Gasteiger partial charge in [-0.3, -0.25) is 4.79 Å². The van der Waals surface area contributed by atoms with E-state index in [4.69, 9.17) is 10.5 Å². The summed E-state index contributed by atoms with van der Waals surface area (Å²) < 4.78 is 6.74. The molecule has 1 saturated heterocycles. The van der Waals surface area contributed by atoms with E-state index >= 15 is 0 Å². The molecule has 0 spiro atoms. The fraction of sp³-hybridized carbons (Fsp3) is 0.357. The van der Waals surface area contributed by atoms with Crippen LogP contribution in [0.5, 0.6) is 0 Å². The van der Waals surface area contributed by atoms with Crippen LogP contribution in [0.1, 0.15) is 10.5 Å². The van der Waals surface area contributed by atoms with E-state index in [0.29, 0.717) is 26.3 Å². The molecule has 8 heteroatoms. The van der Waals surface area contributed by atoms with Crippen LogP contribution in [-0.2, 0) is 4.74 Å². The molecular formula is C14H17N5O2S. The van der Waals surface area contributed by atoms with Gasteiger partial charge in [0.25, 0.3) is 5.91 Å². The summed E-state index contributed by atoms with van der Waals surface area (Å²) in [7, 11) is 0. The number of benzene rings is 1. The molecule has 1 aromatic heterocycles. The molecule has 22 heavy (non-hydrogen) atoms. The van der Waals surface area contributed by atoms with Crippen LogP contribution in [-0.4, -0.2) is 58.4 Å². The Balaban J connectivity index is 1.89. The predicted octanol–water partition coefficient (Wildman–Crippen LogP) is 1.04. The third kappa shape index (κ3) is 2.79. The van der Waals surface area contributed by atoms with Gasteiger partial charge in [-0.1, -0.05) is 11.3 Å². The molecule has 7 nitrogen and oxygen atoms in total. The van der Waals surface area contributed by atoms with Crippen molar-refractivity contribution < 1.29 is 9.53 Å². The number of carbonyl (C=O) groups excluding carboxylic acids is 1. The van der Waals surface area contributed by atoms with Crippen LogP contribution < -0.4 is 5.73 Å². The van der Waals surface area contributed by atoms with Crippen molar-refractivity contribution in [2.24, 2.45) is 0 Å². The van der Waals surface area contributed by atoms with E-state index in [9.17, 15) is 4.79 Å². The number of amides is 1. The number of anilines is 1. The van der Waals surface area contributed by atoms with Crippen LogP contribution in [0.2, 0.25) is 0 Å². The molecule has 1 amide bonds. The number of rotatable bonds is 3. The minimum atomic E-state index is -0.201. The van der Waals surface area contributed by atoms with E-state index in [1.807, 2.05) is 30.5 Å². The van der Waals surface area contributed by atoms with Gasteiger partial charge in [-0.05, 0) is 24.5 Å². The summed E-state index contributed by atoms with van der Waals surface area (Å²) in [6.45, 7) is 2.17. The highest BCUT2D eigenvalue weighted by molar-refractivity contribution is 7.98. The normalized spacial score (nSPS) is 15.0. The van der Waals surface area contributed by atoms with Gasteiger partial charge in [0.05, 0.1) is 18.9 Å². The lowest BCUT2D eigenvalue weighted by molar-refractivity contribution is 0.0299. The average Bonchev–Trinajstić information content (AvgIpc) is 2.96. The SMILES string of the molecule is CSc1cccc(-n2nnc(C(=O)N3CCOCC3)c2N)c1. The maximum Gasteiger partial charge on any atom is 0.278 e. The highest BCUT2D eigenvalue weighted by Gasteiger charge is 2.25. The fourth-order valence-electron chi connectivity index (χ4n) is 2.29. The molecule has 0 atom stereocenters. The topological polar surface area (TPSA) is 86.3 Å². The van der Waals surface area contributed by atoms with Crippen molar-refractivity contribution in [1.82, 2.24) is 19.9 Å². The second kappa shape index (κ2) is 6.37. The van der Waals surface area contributed by atoms with Gasteiger partial charge in [0.15, 0.2) is 11.5 Å². The number of nitrogen functional groups attached to an aromatic ring is 1. The minimum absolute atomic E-state index is 0.191. The number of carbonyl (C=O) groups is 1. The lowest BCUT2D eigenvalue weighted by Gasteiger charge is -2.26. The molecule has 2 heterocycles. The van der Waals surface area contributed by atoms with E-state index in [2.05, 4.69) is 10.3 Å². The first-order chi connectivity index (χ1) is 10.7. The Morgan fingerprint density at radius 3 is 2.86 bits per heavy atom. The lowest BCUT2D eigenvalue weighted by Crippen LogP contribution is -2.41. The number of ether oxygens (including phenoxy) is 1.